The Bertz CT molecular complexity index is 721. The van der Waals surface area contributed by atoms with Gasteiger partial charge in [-0.15, -0.1) is 0 Å². The third-order valence-corrected chi connectivity index (χ3v) is 4.76. The third-order valence-electron chi connectivity index (χ3n) is 4.76. The highest BCUT2D eigenvalue weighted by Crippen LogP contribution is 2.22. The molecular weight excluding hydrogens is 312 g/mol. The number of hydrogen-bond donors (Lipinski definition) is 0. The second-order valence-electron chi connectivity index (χ2n) is 6.56. The molecule has 3 rings (SSSR count). The van der Waals surface area contributed by atoms with Crippen LogP contribution in [0, 0.1) is 6.92 Å². The molecule has 1 heterocycles. The molecule has 0 atom stereocenters. The number of carbonyl (C=O) groups excluding carboxylic acids is 1. The molecule has 132 valence electrons. The predicted molar refractivity (Wildman–Crippen MR) is 101 cm³/mol. The Hall–Kier alpha value is -2.49. The first-order valence-corrected chi connectivity index (χ1v) is 8.88. The number of carbonyl (C=O) groups is 1. The van der Waals surface area contributed by atoms with E-state index in [4.69, 9.17) is 4.74 Å². The highest BCUT2D eigenvalue weighted by atomic mass is 16.5. The Balaban J connectivity index is 1.50. The summed E-state index contributed by atoms with van der Waals surface area (Å²) in [4.78, 5) is 16.8. The van der Waals surface area contributed by atoms with Gasteiger partial charge in [0.1, 0.15) is 5.75 Å². The fourth-order valence-electron chi connectivity index (χ4n) is 3.30. The topological polar surface area (TPSA) is 32.8 Å². The van der Waals surface area contributed by atoms with Crippen molar-refractivity contribution in [2.75, 3.05) is 38.2 Å². The van der Waals surface area contributed by atoms with Gasteiger partial charge in [0, 0.05) is 44.4 Å². The maximum Gasteiger partial charge on any atom is 0.223 e. The summed E-state index contributed by atoms with van der Waals surface area (Å²) >= 11 is 0. The minimum Gasteiger partial charge on any atom is -0.497 e. The lowest BCUT2D eigenvalue weighted by atomic mass is 10.1. The second-order valence-corrected chi connectivity index (χ2v) is 6.56. The first kappa shape index (κ1) is 17.3. The number of rotatable bonds is 5. The first-order chi connectivity index (χ1) is 12.2. The Kier molecular flexibility index (Phi) is 5.59. The van der Waals surface area contributed by atoms with Crippen molar-refractivity contribution in [1.29, 1.82) is 0 Å². The van der Waals surface area contributed by atoms with Crippen molar-refractivity contribution in [2.45, 2.75) is 19.8 Å². The molecule has 25 heavy (non-hydrogen) atoms. The molecule has 1 aliphatic rings. The van der Waals surface area contributed by atoms with E-state index in [2.05, 4.69) is 48.2 Å². The van der Waals surface area contributed by atoms with Gasteiger partial charge in [-0.1, -0.05) is 35.9 Å². The molecule has 4 nitrogen and oxygen atoms in total. The molecule has 0 bridgehead atoms. The lowest BCUT2D eigenvalue weighted by molar-refractivity contribution is -0.131. The molecule has 0 N–H and O–H groups in total. The molecule has 4 heteroatoms. The number of aryl methyl sites for hydroxylation is 2. The zero-order valence-corrected chi connectivity index (χ0v) is 15.1. The van der Waals surface area contributed by atoms with E-state index in [0.29, 0.717) is 6.42 Å². The zero-order chi connectivity index (χ0) is 17.6. The van der Waals surface area contributed by atoms with Crippen LogP contribution in [0.3, 0.4) is 0 Å². The molecule has 1 saturated heterocycles. The normalized spacial score (nSPS) is 14.5. The number of hydrogen-bond acceptors (Lipinski definition) is 3. The number of benzene rings is 2. The summed E-state index contributed by atoms with van der Waals surface area (Å²) in [5.74, 6) is 1.13. The second kappa shape index (κ2) is 8.06. The summed E-state index contributed by atoms with van der Waals surface area (Å²) in [6, 6.07) is 16.5. The molecule has 2 aromatic rings. The summed E-state index contributed by atoms with van der Waals surface area (Å²) in [5, 5.41) is 0. The van der Waals surface area contributed by atoms with Crippen LogP contribution < -0.4 is 9.64 Å². The first-order valence-electron chi connectivity index (χ1n) is 8.88. The van der Waals surface area contributed by atoms with E-state index in [1.54, 1.807) is 7.11 Å². The van der Waals surface area contributed by atoms with Gasteiger partial charge >= 0.3 is 0 Å². The van der Waals surface area contributed by atoms with Crippen molar-refractivity contribution >= 4 is 11.6 Å². The molecule has 0 spiro atoms. The number of anilines is 1. The van der Waals surface area contributed by atoms with Crippen LogP contribution in [0.1, 0.15) is 17.5 Å². The molecule has 0 aromatic heterocycles. The predicted octanol–water partition coefficient (Wildman–Crippen LogP) is 3.29. The summed E-state index contributed by atoms with van der Waals surface area (Å²) in [6.07, 6.45) is 1.40. The van der Waals surface area contributed by atoms with E-state index < -0.39 is 0 Å². The van der Waals surface area contributed by atoms with Crippen molar-refractivity contribution in [3.8, 4) is 5.75 Å². The van der Waals surface area contributed by atoms with Crippen LogP contribution in [0.15, 0.2) is 48.5 Å². The molecule has 0 unspecified atom stereocenters. The number of amides is 1. The largest absolute Gasteiger partial charge is 0.497 e. The van der Waals surface area contributed by atoms with Gasteiger partial charge in [-0.05, 0) is 31.0 Å². The smallest absolute Gasteiger partial charge is 0.223 e. The van der Waals surface area contributed by atoms with E-state index in [-0.39, 0.29) is 5.91 Å². The Morgan fingerprint density at radius 1 is 1.04 bits per heavy atom. The molecule has 2 aromatic carbocycles. The van der Waals surface area contributed by atoms with E-state index >= 15 is 0 Å². The van der Waals surface area contributed by atoms with Gasteiger partial charge in [-0.3, -0.25) is 4.79 Å². The quantitative estimate of drug-likeness (QED) is 0.839. The fraction of sp³-hybridized carbons (Fsp3) is 0.381. The highest BCUT2D eigenvalue weighted by molar-refractivity contribution is 5.76. The summed E-state index contributed by atoms with van der Waals surface area (Å²) < 4.78 is 5.30. The number of methoxy groups -OCH3 is 1. The van der Waals surface area contributed by atoms with Crippen molar-refractivity contribution in [3.63, 3.8) is 0 Å². The van der Waals surface area contributed by atoms with Crippen LogP contribution >= 0.6 is 0 Å². The van der Waals surface area contributed by atoms with Crippen LogP contribution in [0.25, 0.3) is 0 Å². The van der Waals surface area contributed by atoms with E-state index in [1.165, 1.54) is 11.1 Å². The van der Waals surface area contributed by atoms with Crippen LogP contribution in [0.4, 0.5) is 5.69 Å². The Labute approximate surface area is 150 Å². The number of ether oxygens (including phenoxy) is 1. The number of piperazine rings is 1. The summed E-state index contributed by atoms with van der Waals surface area (Å²) in [7, 11) is 1.68. The maximum atomic E-state index is 12.5. The van der Waals surface area contributed by atoms with Gasteiger partial charge in [-0.25, -0.2) is 0 Å². The molecule has 0 radical (unpaired) electrons. The van der Waals surface area contributed by atoms with Gasteiger partial charge in [-0.2, -0.15) is 0 Å². The molecule has 0 saturated carbocycles. The Morgan fingerprint density at radius 3 is 2.52 bits per heavy atom. The average molecular weight is 338 g/mol. The summed E-state index contributed by atoms with van der Waals surface area (Å²) in [6.45, 7) is 5.38. The van der Waals surface area contributed by atoms with Gasteiger partial charge in [0.25, 0.3) is 0 Å². The maximum absolute atomic E-state index is 12.5. The zero-order valence-electron chi connectivity index (χ0n) is 15.1. The van der Waals surface area contributed by atoms with Crippen molar-refractivity contribution in [2.24, 2.45) is 0 Å². The van der Waals surface area contributed by atoms with E-state index in [9.17, 15) is 4.79 Å². The van der Waals surface area contributed by atoms with E-state index in [0.717, 1.165) is 44.0 Å². The SMILES string of the molecule is COc1cccc(N2CCN(C(=O)CCc3cccc(C)c3)CC2)c1. The standard InChI is InChI=1S/C21H26N2O2/c1-17-5-3-6-18(15-17)9-10-21(24)23-13-11-22(12-14-23)19-7-4-8-20(16-19)25-2/h3-8,15-16H,9-14H2,1-2H3. The lowest BCUT2D eigenvalue weighted by Gasteiger charge is -2.36. The van der Waals surface area contributed by atoms with Crippen LogP contribution in [0.5, 0.6) is 5.75 Å². The molecule has 1 amide bonds. The molecule has 1 aliphatic heterocycles. The fourth-order valence-corrected chi connectivity index (χ4v) is 3.30. The van der Waals surface area contributed by atoms with Gasteiger partial charge in [0.15, 0.2) is 0 Å². The molecule has 0 aliphatic carbocycles. The monoisotopic (exact) mass is 338 g/mol. The van der Waals surface area contributed by atoms with Crippen LogP contribution in [-0.2, 0) is 11.2 Å². The molecule has 1 fully saturated rings. The average Bonchev–Trinajstić information content (AvgIpc) is 2.66. The van der Waals surface area contributed by atoms with Gasteiger partial charge in [0.2, 0.25) is 5.91 Å². The van der Waals surface area contributed by atoms with Crippen LogP contribution in [0.2, 0.25) is 0 Å². The number of nitrogens with zero attached hydrogens (tertiary/aromatic N) is 2. The van der Waals surface area contributed by atoms with E-state index in [1.807, 2.05) is 17.0 Å². The highest BCUT2D eigenvalue weighted by Gasteiger charge is 2.21. The Morgan fingerprint density at radius 2 is 1.80 bits per heavy atom. The van der Waals surface area contributed by atoms with Gasteiger partial charge < -0.3 is 14.5 Å². The van der Waals surface area contributed by atoms with Crippen LogP contribution in [-0.4, -0.2) is 44.1 Å². The van der Waals surface area contributed by atoms with Crippen molar-refractivity contribution < 1.29 is 9.53 Å². The molecular formula is C21H26N2O2. The van der Waals surface area contributed by atoms with Crippen molar-refractivity contribution in [3.05, 3.63) is 59.7 Å². The summed E-state index contributed by atoms with van der Waals surface area (Å²) in [5.41, 5.74) is 3.64. The lowest BCUT2D eigenvalue weighted by Crippen LogP contribution is -2.48. The van der Waals surface area contributed by atoms with Crippen molar-refractivity contribution in [1.82, 2.24) is 4.90 Å². The van der Waals surface area contributed by atoms with Gasteiger partial charge in [0.05, 0.1) is 7.11 Å². The minimum absolute atomic E-state index is 0.256. The minimum atomic E-state index is 0.256. The third kappa shape index (κ3) is 4.53.